The third-order valence-electron chi connectivity index (χ3n) is 5.74. The Morgan fingerprint density at radius 1 is 1.00 bits per heavy atom. The predicted molar refractivity (Wildman–Crippen MR) is 106 cm³/mol. The number of imide groups is 1. The van der Waals surface area contributed by atoms with Crippen molar-refractivity contribution in [2.45, 2.75) is 31.6 Å². The molecule has 0 aromatic heterocycles. The first-order valence-corrected chi connectivity index (χ1v) is 9.75. The highest BCUT2D eigenvalue weighted by Crippen LogP contribution is 2.36. The lowest BCUT2D eigenvalue weighted by atomic mass is 9.97. The molecule has 1 atom stereocenters. The number of rotatable bonds is 4. The Bertz CT molecular complexity index is 1040. The van der Waals surface area contributed by atoms with E-state index in [-0.39, 0.29) is 12.1 Å². The summed E-state index contributed by atoms with van der Waals surface area (Å²) in [6.07, 6.45) is -3.98. The van der Waals surface area contributed by atoms with Crippen molar-refractivity contribution in [2.75, 3.05) is 25.7 Å². The molecule has 1 saturated heterocycles. The largest absolute Gasteiger partial charge is 0.493 e. The highest BCUT2D eigenvalue weighted by molar-refractivity contribution is 6.22. The standard InChI is InChI=1S/C22H21F3N2O4/c1-30-18-8-13-6-7-26(12-14(13)9-19(18)31-2)17-11-20(28)27(21(17)29)16-5-3-4-15(10-16)22(23,24)25/h3-5,8-10,17H,6-7,11-12H2,1-2H3/t17-/m1/s1. The highest BCUT2D eigenvalue weighted by Gasteiger charge is 2.44. The number of nitrogens with zero attached hydrogens (tertiary/aromatic N) is 2. The van der Waals surface area contributed by atoms with Crippen LogP contribution in [0.5, 0.6) is 11.5 Å². The van der Waals surface area contributed by atoms with Gasteiger partial charge in [-0.3, -0.25) is 14.5 Å². The van der Waals surface area contributed by atoms with Crippen molar-refractivity contribution >= 4 is 17.5 Å². The molecular weight excluding hydrogens is 413 g/mol. The summed E-state index contributed by atoms with van der Waals surface area (Å²) in [6.45, 7) is 0.971. The Kier molecular flexibility index (Phi) is 5.38. The molecule has 1 fully saturated rings. The maximum atomic E-state index is 13.1. The van der Waals surface area contributed by atoms with Crippen LogP contribution in [-0.2, 0) is 28.7 Å². The van der Waals surface area contributed by atoms with Crippen LogP contribution in [0.3, 0.4) is 0 Å². The summed E-state index contributed by atoms with van der Waals surface area (Å²) < 4.78 is 49.9. The van der Waals surface area contributed by atoms with Crippen molar-refractivity contribution in [1.29, 1.82) is 0 Å². The summed E-state index contributed by atoms with van der Waals surface area (Å²) in [5.74, 6) is 0.181. The molecule has 164 valence electrons. The molecule has 0 saturated carbocycles. The molecule has 2 aromatic carbocycles. The minimum absolute atomic E-state index is 0.0591. The summed E-state index contributed by atoms with van der Waals surface area (Å²) in [5, 5.41) is 0. The Morgan fingerprint density at radius 3 is 2.32 bits per heavy atom. The van der Waals surface area contributed by atoms with Crippen LogP contribution in [0.2, 0.25) is 0 Å². The van der Waals surface area contributed by atoms with Crippen molar-refractivity contribution in [3.8, 4) is 11.5 Å². The molecule has 2 aromatic rings. The molecule has 4 rings (SSSR count). The van der Waals surface area contributed by atoms with Crippen molar-refractivity contribution in [2.24, 2.45) is 0 Å². The van der Waals surface area contributed by atoms with Gasteiger partial charge in [-0.05, 0) is 47.9 Å². The fourth-order valence-electron chi connectivity index (χ4n) is 4.16. The smallest absolute Gasteiger partial charge is 0.416 e. The maximum Gasteiger partial charge on any atom is 0.416 e. The minimum atomic E-state index is -4.56. The number of carbonyl (C=O) groups excluding carboxylic acids is 2. The molecule has 31 heavy (non-hydrogen) atoms. The zero-order chi connectivity index (χ0) is 22.3. The van der Waals surface area contributed by atoms with Gasteiger partial charge >= 0.3 is 6.18 Å². The Hall–Kier alpha value is -3.07. The SMILES string of the molecule is COc1cc2c(cc1OC)CN([C@@H]1CC(=O)N(c3cccc(C(F)(F)F)c3)C1=O)CC2. The van der Waals surface area contributed by atoms with E-state index in [1.807, 2.05) is 17.0 Å². The summed E-state index contributed by atoms with van der Waals surface area (Å²) in [4.78, 5) is 28.4. The zero-order valence-corrected chi connectivity index (χ0v) is 17.0. The van der Waals surface area contributed by atoms with Crippen LogP contribution < -0.4 is 14.4 Å². The van der Waals surface area contributed by atoms with Gasteiger partial charge < -0.3 is 9.47 Å². The van der Waals surface area contributed by atoms with Crippen LogP contribution in [0.1, 0.15) is 23.1 Å². The lowest BCUT2D eigenvalue weighted by molar-refractivity contribution is -0.137. The first-order chi connectivity index (χ1) is 14.7. The summed E-state index contributed by atoms with van der Waals surface area (Å²) >= 11 is 0. The molecule has 2 aliphatic rings. The van der Waals surface area contributed by atoms with E-state index in [2.05, 4.69) is 0 Å². The number of carbonyl (C=O) groups is 2. The van der Waals surface area contributed by atoms with Crippen LogP contribution >= 0.6 is 0 Å². The molecule has 6 nitrogen and oxygen atoms in total. The molecule has 0 aliphatic carbocycles. The van der Waals surface area contributed by atoms with Crippen LogP contribution in [0.15, 0.2) is 36.4 Å². The van der Waals surface area contributed by atoms with Crippen LogP contribution in [0.4, 0.5) is 18.9 Å². The van der Waals surface area contributed by atoms with Crippen molar-refractivity contribution in [1.82, 2.24) is 4.90 Å². The third kappa shape index (κ3) is 3.85. The predicted octanol–water partition coefficient (Wildman–Crippen LogP) is 3.41. The molecule has 0 radical (unpaired) electrons. The zero-order valence-electron chi connectivity index (χ0n) is 17.0. The second-order valence-electron chi connectivity index (χ2n) is 7.53. The normalized spacial score (nSPS) is 19.5. The topological polar surface area (TPSA) is 59.1 Å². The highest BCUT2D eigenvalue weighted by atomic mass is 19.4. The first kappa shape index (κ1) is 21.2. The Labute approximate surface area is 177 Å². The first-order valence-electron chi connectivity index (χ1n) is 9.75. The second kappa shape index (κ2) is 7.88. The van der Waals surface area contributed by atoms with E-state index in [9.17, 15) is 22.8 Å². The number of anilines is 1. The minimum Gasteiger partial charge on any atom is -0.493 e. The number of halogens is 3. The van der Waals surface area contributed by atoms with Gasteiger partial charge in [0.05, 0.1) is 37.9 Å². The fraction of sp³-hybridized carbons (Fsp3) is 0.364. The maximum absolute atomic E-state index is 13.1. The van der Waals surface area contributed by atoms with E-state index in [4.69, 9.17) is 9.47 Å². The summed E-state index contributed by atoms with van der Waals surface area (Å²) in [5.41, 5.74) is 1.07. The average Bonchev–Trinajstić information content (AvgIpc) is 3.05. The molecule has 0 N–H and O–H groups in total. The van der Waals surface area contributed by atoms with Gasteiger partial charge in [0, 0.05) is 13.1 Å². The number of hydrogen-bond acceptors (Lipinski definition) is 5. The number of amides is 2. The van der Waals surface area contributed by atoms with Crippen molar-refractivity contribution in [3.05, 3.63) is 53.1 Å². The molecule has 2 amide bonds. The third-order valence-corrected chi connectivity index (χ3v) is 5.74. The molecule has 2 heterocycles. The molecule has 9 heteroatoms. The van der Waals surface area contributed by atoms with Gasteiger partial charge in [0.1, 0.15) is 0 Å². The van der Waals surface area contributed by atoms with Crippen LogP contribution in [0, 0.1) is 0 Å². The molecule has 0 bridgehead atoms. The molecular formula is C22H21F3N2O4. The van der Waals surface area contributed by atoms with Crippen molar-refractivity contribution < 1.29 is 32.2 Å². The van der Waals surface area contributed by atoms with Crippen LogP contribution in [0.25, 0.3) is 0 Å². The average molecular weight is 434 g/mol. The number of fused-ring (bicyclic) bond motifs is 1. The number of hydrogen-bond donors (Lipinski definition) is 0. The monoisotopic (exact) mass is 434 g/mol. The number of benzene rings is 2. The van der Waals surface area contributed by atoms with Crippen molar-refractivity contribution in [3.63, 3.8) is 0 Å². The van der Waals surface area contributed by atoms with Crippen LogP contribution in [-0.4, -0.2) is 43.5 Å². The quantitative estimate of drug-likeness (QED) is 0.691. The number of methoxy groups -OCH3 is 2. The van der Waals surface area contributed by atoms with Gasteiger partial charge in [0.2, 0.25) is 5.91 Å². The van der Waals surface area contributed by atoms with E-state index >= 15 is 0 Å². The summed E-state index contributed by atoms with van der Waals surface area (Å²) in [7, 11) is 3.10. The lowest BCUT2D eigenvalue weighted by Crippen LogP contribution is -2.44. The van der Waals surface area contributed by atoms with Gasteiger partial charge in [-0.15, -0.1) is 0 Å². The molecule has 0 spiro atoms. The van der Waals surface area contributed by atoms with Gasteiger partial charge in [-0.2, -0.15) is 13.2 Å². The van der Waals surface area contributed by atoms with E-state index < -0.39 is 29.6 Å². The number of ether oxygens (including phenoxy) is 2. The van der Waals surface area contributed by atoms with Gasteiger partial charge in [0.25, 0.3) is 5.91 Å². The lowest BCUT2D eigenvalue weighted by Gasteiger charge is -2.32. The summed E-state index contributed by atoms with van der Waals surface area (Å²) in [6, 6.07) is 7.33. The van der Waals surface area contributed by atoms with Gasteiger partial charge in [-0.25, -0.2) is 4.90 Å². The second-order valence-corrected chi connectivity index (χ2v) is 7.53. The number of alkyl halides is 3. The molecule has 0 unspecified atom stereocenters. The van der Waals surface area contributed by atoms with E-state index in [1.54, 1.807) is 7.11 Å². The van der Waals surface area contributed by atoms with Gasteiger partial charge in [0.15, 0.2) is 11.5 Å². The van der Waals surface area contributed by atoms with Gasteiger partial charge in [-0.1, -0.05) is 6.07 Å². The Morgan fingerprint density at radius 2 is 1.68 bits per heavy atom. The van der Waals surface area contributed by atoms with E-state index in [1.165, 1.54) is 19.2 Å². The Balaban J connectivity index is 1.58. The van der Waals surface area contributed by atoms with E-state index in [0.717, 1.165) is 28.2 Å². The van der Waals surface area contributed by atoms with E-state index in [0.29, 0.717) is 31.0 Å². The fourth-order valence-corrected chi connectivity index (χ4v) is 4.16. The molecule has 2 aliphatic heterocycles.